The molecule has 1 amide bonds. The summed E-state index contributed by atoms with van der Waals surface area (Å²) >= 11 is 0. The molecule has 0 unspecified atom stereocenters. The number of nitro groups is 1. The Hall–Kier alpha value is -3.42. The quantitative estimate of drug-likeness (QED) is 0.435. The van der Waals surface area contributed by atoms with Gasteiger partial charge in [-0.3, -0.25) is 14.9 Å². The van der Waals surface area contributed by atoms with Crippen LogP contribution in [0.5, 0.6) is 0 Å². The second kappa shape index (κ2) is 9.87. The SMILES string of the molecule is C[C@H](OC(=O)c1ccc(N2CCCCCC2)c([N+](=O)[O-])c1)C(=O)Nc1ccccc1. The summed E-state index contributed by atoms with van der Waals surface area (Å²) in [6.07, 6.45) is 3.13. The smallest absolute Gasteiger partial charge is 0.339 e. The van der Waals surface area contributed by atoms with Crippen molar-refractivity contribution >= 4 is 28.9 Å². The topological polar surface area (TPSA) is 102 Å². The predicted molar refractivity (Wildman–Crippen MR) is 114 cm³/mol. The van der Waals surface area contributed by atoms with Gasteiger partial charge in [0, 0.05) is 24.8 Å². The molecule has 1 fully saturated rings. The van der Waals surface area contributed by atoms with E-state index in [9.17, 15) is 19.7 Å². The van der Waals surface area contributed by atoms with Crippen LogP contribution in [0.4, 0.5) is 17.1 Å². The van der Waals surface area contributed by atoms with Crippen LogP contribution < -0.4 is 10.2 Å². The van der Waals surface area contributed by atoms with Crippen molar-refractivity contribution in [2.75, 3.05) is 23.3 Å². The number of nitro benzene ring substituents is 1. The Kier molecular flexibility index (Phi) is 7.00. The zero-order valence-corrected chi connectivity index (χ0v) is 16.9. The number of carbonyl (C=O) groups excluding carboxylic acids is 2. The van der Waals surface area contributed by atoms with Crippen LogP contribution in [0, 0.1) is 10.1 Å². The van der Waals surface area contributed by atoms with E-state index in [1.54, 1.807) is 30.3 Å². The summed E-state index contributed by atoms with van der Waals surface area (Å²) in [7, 11) is 0. The molecule has 8 heteroatoms. The van der Waals surface area contributed by atoms with Gasteiger partial charge in [0.1, 0.15) is 5.69 Å². The minimum Gasteiger partial charge on any atom is -0.449 e. The minimum absolute atomic E-state index is 0.0413. The number of ether oxygens (including phenoxy) is 1. The highest BCUT2D eigenvalue weighted by Crippen LogP contribution is 2.31. The number of esters is 1. The highest BCUT2D eigenvalue weighted by molar-refractivity contribution is 5.97. The minimum atomic E-state index is -1.05. The van der Waals surface area contributed by atoms with Gasteiger partial charge >= 0.3 is 5.97 Å². The molecule has 1 aliphatic rings. The largest absolute Gasteiger partial charge is 0.449 e. The van der Waals surface area contributed by atoms with Gasteiger partial charge in [-0.2, -0.15) is 0 Å². The Morgan fingerprint density at radius 2 is 1.73 bits per heavy atom. The summed E-state index contributed by atoms with van der Waals surface area (Å²) < 4.78 is 5.22. The lowest BCUT2D eigenvalue weighted by molar-refractivity contribution is -0.384. The van der Waals surface area contributed by atoms with Crippen LogP contribution in [0.25, 0.3) is 0 Å². The van der Waals surface area contributed by atoms with Crippen molar-refractivity contribution in [2.24, 2.45) is 0 Å². The van der Waals surface area contributed by atoms with E-state index in [-0.39, 0.29) is 11.3 Å². The second-order valence-electron chi connectivity index (χ2n) is 7.26. The van der Waals surface area contributed by atoms with Crippen LogP contribution >= 0.6 is 0 Å². The highest BCUT2D eigenvalue weighted by atomic mass is 16.6. The summed E-state index contributed by atoms with van der Waals surface area (Å²) in [5, 5.41) is 14.3. The van der Waals surface area contributed by atoms with Crippen molar-refractivity contribution in [3.8, 4) is 0 Å². The van der Waals surface area contributed by atoms with E-state index in [1.165, 1.54) is 19.1 Å². The molecule has 1 heterocycles. The molecule has 0 spiro atoms. The zero-order valence-electron chi connectivity index (χ0n) is 16.9. The molecular formula is C22H25N3O5. The molecule has 3 rings (SSSR count). The van der Waals surface area contributed by atoms with Crippen LogP contribution in [-0.2, 0) is 9.53 Å². The van der Waals surface area contributed by atoms with E-state index in [2.05, 4.69) is 5.32 Å². The molecule has 1 N–H and O–H groups in total. The van der Waals surface area contributed by atoms with Gasteiger partial charge < -0.3 is 15.0 Å². The standard InChI is InChI=1S/C22H25N3O5/c1-16(21(26)23-18-9-5-4-6-10-18)30-22(27)17-11-12-19(20(15-17)25(28)29)24-13-7-2-3-8-14-24/h4-6,9-12,15-16H,2-3,7-8,13-14H2,1H3,(H,23,26)/t16-/m0/s1. The van der Waals surface area contributed by atoms with Gasteiger partial charge in [-0.25, -0.2) is 4.79 Å². The Morgan fingerprint density at radius 1 is 1.07 bits per heavy atom. The summed E-state index contributed by atoms with van der Waals surface area (Å²) in [4.78, 5) is 37.9. The van der Waals surface area contributed by atoms with Gasteiger partial charge in [0.25, 0.3) is 11.6 Å². The first kappa shape index (κ1) is 21.3. The highest BCUT2D eigenvalue weighted by Gasteiger charge is 2.25. The third-order valence-corrected chi connectivity index (χ3v) is 5.05. The number of para-hydroxylation sites is 1. The molecule has 1 atom stereocenters. The molecule has 1 saturated heterocycles. The number of nitrogens with zero attached hydrogens (tertiary/aromatic N) is 2. The molecule has 2 aromatic rings. The van der Waals surface area contributed by atoms with Crippen molar-refractivity contribution in [1.82, 2.24) is 0 Å². The van der Waals surface area contributed by atoms with Crippen molar-refractivity contribution < 1.29 is 19.2 Å². The first-order valence-corrected chi connectivity index (χ1v) is 10.1. The Labute approximate surface area is 175 Å². The predicted octanol–water partition coefficient (Wildman–Crippen LogP) is 4.16. The number of hydrogen-bond donors (Lipinski definition) is 1. The first-order valence-electron chi connectivity index (χ1n) is 10.1. The monoisotopic (exact) mass is 411 g/mol. The summed E-state index contributed by atoms with van der Waals surface area (Å²) in [5.74, 6) is -1.26. The molecular weight excluding hydrogens is 386 g/mol. The Balaban J connectivity index is 1.71. The second-order valence-corrected chi connectivity index (χ2v) is 7.26. The molecule has 0 radical (unpaired) electrons. The van der Waals surface area contributed by atoms with E-state index >= 15 is 0 Å². The van der Waals surface area contributed by atoms with Gasteiger partial charge in [-0.15, -0.1) is 0 Å². The normalized spacial score (nSPS) is 15.0. The molecule has 0 bridgehead atoms. The fraction of sp³-hybridized carbons (Fsp3) is 0.364. The average Bonchev–Trinajstić information content (AvgIpc) is 3.03. The summed E-state index contributed by atoms with van der Waals surface area (Å²) in [5.41, 5.74) is 1.00. The summed E-state index contributed by atoms with van der Waals surface area (Å²) in [6, 6.07) is 13.1. The molecule has 0 aromatic heterocycles. The number of hydrogen-bond acceptors (Lipinski definition) is 6. The first-order chi connectivity index (χ1) is 14.5. The van der Waals surface area contributed by atoms with Crippen LogP contribution in [-0.4, -0.2) is 36.0 Å². The van der Waals surface area contributed by atoms with Gasteiger partial charge in [0.05, 0.1) is 10.5 Å². The van der Waals surface area contributed by atoms with Crippen molar-refractivity contribution in [3.05, 3.63) is 64.2 Å². The number of nitrogens with one attached hydrogen (secondary N) is 1. The molecule has 30 heavy (non-hydrogen) atoms. The summed E-state index contributed by atoms with van der Waals surface area (Å²) in [6.45, 7) is 2.96. The third-order valence-electron chi connectivity index (χ3n) is 5.05. The Bertz CT molecular complexity index is 908. The molecule has 0 saturated carbocycles. The van der Waals surface area contributed by atoms with E-state index in [4.69, 9.17) is 4.74 Å². The molecule has 8 nitrogen and oxygen atoms in total. The maximum atomic E-state index is 12.5. The number of benzene rings is 2. The van der Waals surface area contributed by atoms with E-state index in [0.29, 0.717) is 11.4 Å². The fourth-order valence-corrected chi connectivity index (χ4v) is 3.42. The maximum absolute atomic E-state index is 12.5. The van der Waals surface area contributed by atoms with E-state index in [0.717, 1.165) is 38.8 Å². The lowest BCUT2D eigenvalue weighted by Gasteiger charge is -2.22. The molecule has 158 valence electrons. The molecule has 2 aromatic carbocycles. The van der Waals surface area contributed by atoms with Crippen molar-refractivity contribution in [1.29, 1.82) is 0 Å². The van der Waals surface area contributed by atoms with Gasteiger partial charge in [-0.05, 0) is 44.0 Å². The van der Waals surface area contributed by atoms with Gasteiger partial charge in [-0.1, -0.05) is 31.0 Å². The van der Waals surface area contributed by atoms with Crippen LogP contribution in [0.2, 0.25) is 0 Å². The Morgan fingerprint density at radius 3 is 2.37 bits per heavy atom. The molecule has 1 aliphatic heterocycles. The van der Waals surface area contributed by atoms with Gasteiger partial charge in [0.15, 0.2) is 6.10 Å². The number of carbonyl (C=O) groups is 2. The number of amides is 1. The van der Waals surface area contributed by atoms with E-state index in [1.807, 2.05) is 11.0 Å². The van der Waals surface area contributed by atoms with Crippen molar-refractivity contribution in [2.45, 2.75) is 38.7 Å². The zero-order chi connectivity index (χ0) is 21.5. The lowest BCUT2D eigenvalue weighted by atomic mass is 10.1. The fourth-order valence-electron chi connectivity index (χ4n) is 3.42. The van der Waals surface area contributed by atoms with Crippen LogP contribution in [0.15, 0.2) is 48.5 Å². The third kappa shape index (κ3) is 5.34. The average molecular weight is 411 g/mol. The van der Waals surface area contributed by atoms with Crippen molar-refractivity contribution in [3.63, 3.8) is 0 Å². The molecule has 0 aliphatic carbocycles. The van der Waals surface area contributed by atoms with Crippen LogP contribution in [0.1, 0.15) is 43.0 Å². The van der Waals surface area contributed by atoms with E-state index < -0.39 is 22.9 Å². The van der Waals surface area contributed by atoms with Crippen LogP contribution in [0.3, 0.4) is 0 Å². The maximum Gasteiger partial charge on any atom is 0.339 e. The lowest BCUT2D eigenvalue weighted by Crippen LogP contribution is -2.30. The van der Waals surface area contributed by atoms with Gasteiger partial charge in [0.2, 0.25) is 0 Å². The number of rotatable bonds is 6. The number of anilines is 2.